The maximum absolute atomic E-state index is 10.6. The Balaban J connectivity index is 2.92. The number of aromatic hydroxyl groups is 2. The van der Waals surface area contributed by atoms with Crippen molar-refractivity contribution < 1.29 is 29.2 Å². The zero-order valence-electron chi connectivity index (χ0n) is 12.8. The van der Waals surface area contributed by atoms with Crippen LogP contribution in [0.1, 0.15) is 0 Å². The lowest BCUT2D eigenvalue weighted by atomic mass is 10.0. The fourth-order valence-electron chi connectivity index (χ4n) is 2.34. The number of phenols is 2. The summed E-state index contributed by atoms with van der Waals surface area (Å²) in [5.41, 5.74) is 0.645. The van der Waals surface area contributed by atoms with Crippen LogP contribution in [0.2, 0.25) is 0 Å². The van der Waals surface area contributed by atoms with E-state index >= 15 is 0 Å². The number of para-hydroxylation sites is 1. The molecule has 0 saturated carbocycles. The number of benzene rings is 2. The van der Waals surface area contributed by atoms with Crippen LogP contribution in [0.5, 0.6) is 34.5 Å². The Morgan fingerprint density at radius 1 is 0.682 bits per heavy atom. The second-order valence-corrected chi connectivity index (χ2v) is 4.37. The summed E-state index contributed by atoms with van der Waals surface area (Å²) in [4.78, 5) is 0. The summed E-state index contributed by atoms with van der Waals surface area (Å²) in [5, 5.41) is 20.6. The quantitative estimate of drug-likeness (QED) is 0.884. The van der Waals surface area contributed by atoms with Crippen LogP contribution in [0.15, 0.2) is 24.3 Å². The highest BCUT2D eigenvalue weighted by molar-refractivity contribution is 5.88. The van der Waals surface area contributed by atoms with Crippen LogP contribution in [-0.4, -0.2) is 38.7 Å². The molecule has 0 bridgehead atoms. The first-order valence-corrected chi connectivity index (χ1v) is 6.47. The van der Waals surface area contributed by atoms with E-state index in [0.29, 0.717) is 5.56 Å². The van der Waals surface area contributed by atoms with Gasteiger partial charge in [0.15, 0.2) is 11.5 Å². The topological polar surface area (TPSA) is 77.4 Å². The van der Waals surface area contributed by atoms with Gasteiger partial charge in [-0.25, -0.2) is 0 Å². The summed E-state index contributed by atoms with van der Waals surface area (Å²) in [5.74, 6) is 0.581. The monoisotopic (exact) mass is 306 g/mol. The predicted octanol–water partition coefficient (Wildman–Crippen LogP) is 2.80. The molecular weight excluding hydrogens is 288 g/mol. The molecule has 0 fully saturated rings. The van der Waals surface area contributed by atoms with Gasteiger partial charge in [0.05, 0.1) is 34.0 Å². The molecule has 118 valence electrons. The summed E-state index contributed by atoms with van der Waals surface area (Å²) < 4.78 is 21.2. The van der Waals surface area contributed by atoms with E-state index in [-0.39, 0.29) is 40.1 Å². The molecule has 0 aliphatic heterocycles. The largest absolute Gasteiger partial charge is 0.507 e. The number of hydrogen-bond donors (Lipinski definition) is 2. The van der Waals surface area contributed by atoms with Crippen LogP contribution in [0, 0.1) is 0 Å². The normalized spacial score (nSPS) is 10.2. The minimum atomic E-state index is -0.210. The van der Waals surface area contributed by atoms with Gasteiger partial charge in [0.2, 0.25) is 17.2 Å². The molecule has 0 heterocycles. The van der Waals surface area contributed by atoms with E-state index in [4.69, 9.17) is 18.9 Å². The molecule has 0 spiro atoms. The van der Waals surface area contributed by atoms with Crippen molar-refractivity contribution in [2.45, 2.75) is 0 Å². The van der Waals surface area contributed by atoms with Gasteiger partial charge in [-0.2, -0.15) is 0 Å². The van der Waals surface area contributed by atoms with Crippen molar-refractivity contribution in [1.82, 2.24) is 0 Å². The number of phenolic OH excluding ortho intramolecular Hbond substituents is 2. The summed E-state index contributed by atoms with van der Waals surface area (Å²) >= 11 is 0. The molecule has 6 nitrogen and oxygen atoms in total. The minimum absolute atomic E-state index is 0.00891. The molecule has 22 heavy (non-hydrogen) atoms. The van der Waals surface area contributed by atoms with Gasteiger partial charge in [0, 0.05) is 5.56 Å². The SMILES string of the molecule is COc1c(O)c(-c2ccccc2O)c(OC)c(OC)c1OC. The Morgan fingerprint density at radius 2 is 1.18 bits per heavy atom. The fraction of sp³-hybridized carbons (Fsp3) is 0.250. The van der Waals surface area contributed by atoms with Gasteiger partial charge in [0.25, 0.3) is 0 Å². The molecule has 0 amide bonds. The lowest BCUT2D eigenvalue weighted by molar-refractivity contribution is 0.295. The molecular formula is C16H18O6. The average Bonchev–Trinajstić information content (AvgIpc) is 2.54. The highest BCUT2D eigenvalue weighted by atomic mass is 16.5. The van der Waals surface area contributed by atoms with E-state index in [1.54, 1.807) is 18.2 Å². The average molecular weight is 306 g/mol. The van der Waals surface area contributed by atoms with Crippen molar-refractivity contribution in [3.05, 3.63) is 24.3 Å². The minimum Gasteiger partial charge on any atom is -0.507 e. The van der Waals surface area contributed by atoms with E-state index in [1.165, 1.54) is 34.5 Å². The molecule has 0 unspecified atom stereocenters. The van der Waals surface area contributed by atoms with Crippen LogP contribution in [0.25, 0.3) is 11.1 Å². The second kappa shape index (κ2) is 6.34. The van der Waals surface area contributed by atoms with Gasteiger partial charge in [-0.05, 0) is 6.07 Å². The molecule has 0 saturated heterocycles. The zero-order valence-corrected chi connectivity index (χ0v) is 12.8. The van der Waals surface area contributed by atoms with E-state index in [9.17, 15) is 10.2 Å². The first-order chi connectivity index (χ1) is 10.6. The van der Waals surface area contributed by atoms with Gasteiger partial charge in [0.1, 0.15) is 5.75 Å². The predicted molar refractivity (Wildman–Crippen MR) is 81.4 cm³/mol. The Hall–Kier alpha value is -2.76. The third kappa shape index (κ3) is 2.32. The summed E-state index contributed by atoms with van der Waals surface area (Å²) in [7, 11) is 5.72. The second-order valence-electron chi connectivity index (χ2n) is 4.37. The molecule has 6 heteroatoms. The van der Waals surface area contributed by atoms with Crippen molar-refractivity contribution in [2.24, 2.45) is 0 Å². The zero-order chi connectivity index (χ0) is 16.3. The smallest absolute Gasteiger partial charge is 0.211 e. The van der Waals surface area contributed by atoms with Crippen LogP contribution < -0.4 is 18.9 Å². The Kier molecular flexibility index (Phi) is 4.50. The van der Waals surface area contributed by atoms with Gasteiger partial charge < -0.3 is 29.2 Å². The van der Waals surface area contributed by atoms with Crippen molar-refractivity contribution >= 4 is 0 Å². The molecule has 2 N–H and O–H groups in total. The standard InChI is InChI=1S/C16H18O6/c1-19-13-11(9-7-5-6-8-10(9)17)12(18)14(20-2)16(22-4)15(13)21-3/h5-8,17-18H,1-4H3. The Labute approximate surface area is 128 Å². The van der Waals surface area contributed by atoms with Crippen LogP contribution in [-0.2, 0) is 0 Å². The maximum atomic E-state index is 10.6. The van der Waals surface area contributed by atoms with Gasteiger partial charge in [-0.15, -0.1) is 0 Å². The van der Waals surface area contributed by atoms with Crippen molar-refractivity contribution in [1.29, 1.82) is 0 Å². The van der Waals surface area contributed by atoms with Crippen LogP contribution >= 0.6 is 0 Å². The highest BCUT2D eigenvalue weighted by Crippen LogP contribution is 2.57. The number of ether oxygens (including phenoxy) is 4. The van der Waals surface area contributed by atoms with Crippen LogP contribution in [0.3, 0.4) is 0 Å². The summed E-state index contributed by atoms with van der Waals surface area (Å²) in [6.45, 7) is 0. The summed E-state index contributed by atoms with van der Waals surface area (Å²) in [6.07, 6.45) is 0. The van der Waals surface area contributed by atoms with Crippen LogP contribution in [0.4, 0.5) is 0 Å². The lowest BCUT2D eigenvalue weighted by Crippen LogP contribution is -2.00. The maximum Gasteiger partial charge on any atom is 0.211 e. The van der Waals surface area contributed by atoms with Crippen molar-refractivity contribution in [2.75, 3.05) is 28.4 Å². The van der Waals surface area contributed by atoms with E-state index in [1.807, 2.05) is 0 Å². The number of rotatable bonds is 5. The fourth-order valence-corrected chi connectivity index (χ4v) is 2.34. The highest BCUT2D eigenvalue weighted by Gasteiger charge is 2.29. The summed E-state index contributed by atoms with van der Waals surface area (Å²) in [6, 6.07) is 6.58. The van der Waals surface area contributed by atoms with Crippen molar-refractivity contribution in [3.63, 3.8) is 0 Å². The van der Waals surface area contributed by atoms with Gasteiger partial charge in [-0.3, -0.25) is 0 Å². The van der Waals surface area contributed by atoms with E-state index < -0.39 is 0 Å². The molecule has 2 aromatic carbocycles. The lowest BCUT2D eigenvalue weighted by Gasteiger charge is -2.20. The Morgan fingerprint density at radius 3 is 1.68 bits per heavy atom. The third-order valence-electron chi connectivity index (χ3n) is 3.29. The molecule has 2 rings (SSSR count). The molecule has 0 atom stereocenters. The number of hydrogen-bond acceptors (Lipinski definition) is 6. The molecule has 0 aliphatic carbocycles. The van der Waals surface area contributed by atoms with E-state index in [0.717, 1.165) is 0 Å². The van der Waals surface area contributed by atoms with Gasteiger partial charge >= 0.3 is 0 Å². The van der Waals surface area contributed by atoms with Crippen molar-refractivity contribution in [3.8, 4) is 45.6 Å². The molecule has 0 aromatic heterocycles. The van der Waals surface area contributed by atoms with Gasteiger partial charge in [-0.1, -0.05) is 18.2 Å². The number of methoxy groups -OCH3 is 4. The third-order valence-corrected chi connectivity index (χ3v) is 3.29. The molecule has 0 aliphatic rings. The van der Waals surface area contributed by atoms with E-state index in [2.05, 4.69) is 0 Å². The molecule has 2 aromatic rings. The first-order valence-electron chi connectivity index (χ1n) is 6.47. The Bertz CT molecular complexity index is 681. The first kappa shape index (κ1) is 15.6. The molecule has 0 radical (unpaired) electrons.